The Bertz CT molecular complexity index is 497. The molecule has 1 unspecified atom stereocenters. The Hall–Kier alpha value is -1.03. The minimum Gasteiger partial charge on any atom is -0.348 e. The zero-order chi connectivity index (χ0) is 13.0. The zero-order valence-electron chi connectivity index (χ0n) is 10.1. The van der Waals surface area contributed by atoms with Crippen molar-refractivity contribution in [3.63, 3.8) is 0 Å². The van der Waals surface area contributed by atoms with Gasteiger partial charge in [0.1, 0.15) is 0 Å². The van der Waals surface area contributed by atoms with Crippen LogP contribution in [0, 0.1) is 0 Å². The summed E-state index contributed by atoms with van der Waals surface area (Å²) in [6, 6.07) is 5.78. The van der Waals surface area contributed by atoms with Gasteiger partial charge in [0, 0.05) is 40.9 Å². The van der Waals surface area contributed by atoms with Crippen LogP contribution in [0.3, 0.4) is 0 Å². The summed E-state index contributed by atoms with van der Waals surface area (Å²) in [4.78, 5) is 7.06. The molecule has 0 saturated heterocycles. The third-order valence-electron chi connectivity index (χ3n) is 2.83. The van der Waals surface area contributed by atoms with Crippen LogP contribution in [0.15, 0.2) is 30.7 Å². The van der Waals surface area contributed by atoms with Gasteiger partial charge in [0.2, 0.25) is 0 Å². The zero-order valence-corrected chi connectivity index (χ0v) is 11.6. The first kappa shape index (κ1) is 13.4. The van der Waals surface area contributed by atoms with Crippen molar-refractivity contribution in [2.75, 3.05) is 6.54 Å². The van der Waals surface area contributed by atoms with Crippen molar-refractivity contribution < 1.29 is 0 Å². The second-order valence-corrected chi connectivity index (χ2v) is 5.01. The lowest BCUT2D eigenvalue weighted by Gasteiger charge is -2.15. The molecule has 1 aromatic carbocycles. The Balaban J connectivity index is 1.89. The highest BCUT2D eigenvalue weighted by atomic mass is 35.5. The van der Waals surface area contributed by atoms with E-state index in [0.717, 1.165) is 24.2 Å². The quantitative estimate of drug-likeness (QED) is 0.880. The molecule has 0 saturated carbocycles. The van der Waals surface area contributed by atoms with E-state index in [9.17, 15) is 0 Å². The maximum absolute atomic E-state index is 6.16. The van der Waals surface area contributed by atoms with Crippen molar-refractivity contribution in [2.24, 2.45) is 0 Å². The summed E-state index contributed by atoms with van der Waals surface area (Å²) in [5.74, 6) is 0. The maximum atomic E-state index is 6.16. The van der Waals surface area contributed by atoms with Crippen molar-refractivity contribution in [1.82, 2.24) is 15.3 Å². The fourth-order valence-electron chi connectivity index (χ4n) is 1.81. The number of hydrogen-bond acceptors (Lipinski definition) is 2. The lowest BCUT2D eigenvalue weighted by Crippen LogP contribution is -2.21. The van der Waals surface area contributed by atoms with Gasteiger partial charge in [-0.25, -0.2) is 4.98 Å². The fourth-order valence-corrected chi connectivity index (χ4v) is 2.38. The molecule has 0 fully saturated rings. The summed E-state index contributed by atoms with van der Waals surface area (Å²) < 4.78 is 0. The van der Waals surface area contributed by atoms with E-state index in [1.807, 2.05) is 18.3 Å². The number of aromatic nitrogens is 2. The molecular formula is C13H15Cl2N3. The van der Waals surface area contributed by atoms with E-state index in [2.05, 4.69) is 22.2 Å². The Morgan fingerprint density at radius 3 is 2.89 bits per heavy atom. The molecule has 2 rings (SSSR count). The average molecular weight is 284 g/mol. The summed E-state index contributed by atoms with van der Waals surface area (Å²) in [7, 11) is 0. The van der Waals surface area contributed by atoms with Crippen LogP contribution in [-0.4, -0.2) is 16.5 Å². The van der Waals surface area contributed by atoms with Crippen LogP contribution in [0.1, 0.15) is 24.2 Å². The van der Waals surface area contributed by atoms with Crippen LogP contribution in [0.5, 0.6) is 0 Å². The fraction of sp³-hybridized carbons (Fsp3) is 0.308. The lowest BCUT2D eigenvalue weighted by molar-refractivity contribution is 0.574. The molecule has 0 aliphatic heterocycles. The topological polar surface area (TPSA) is 40.7 Å². The van der Waals surface area contributed by atoms with Crippen LogP contribution in [-0.2, 0) is 6.42 Å². The van der Waals surface area contributed by atoms with Crippen molar-refractivity contribution >= 4 is 23.2 Å². The molecule has 0 aliphatic rings. The van der Waals surface area contributed by atoms with Crippen molar-refractivity contribution in [1.29, 1.82) is 0 Å². The monoisotopic (exact) mass is 283 g/mol. The lowest BCUT2D eigenvalue weighted by atomic mass is 10.1. The molecule has 1 atom stereocenters. The summed E-state index contributed by atoms with van der Waals surface area (Å²) >= 11 is 12.0. The van der Waals surface area contributed by atoms with Crippen LogP contribution in [0.4, 0.5) is 0 Å². The number of aromatic amines is 1. The van der Waals surface area contributed by atoms with E-state index < -0.39 is 0 Å². The highest BCUT2D eigenvalue weighted by Crippen LogP contribution is 2.25. The predicted molar refractivity (Wildman–Crippen MR) is 75.2 cm³/mol. The Kier molecular flexibility index (Phi) is 4.64. The van der Waals surface area contributed by atoms with Gasteiger partial charge in [0.15, 0.2) is 0 Å². The van der Waals surface area contributed by atoms with Gasteiger partial charge in [-0.05, 0) is 24.6 Å². The third-order valence-corrected chi connectivity index (χ3v) is 3.39. The van der Waals surface area contributed by atoms with Crippen molar-refractivity contribution in [2.45, 2.75) is 19.4 Å². The SMILES string of the molecule is CC(NCCc1cnc[nH]1)c1ccc(Cl)cc1Cl. The first-order valence-corrected chi connectivity index (χ1v) is 6.58. The molecule has 0 spiro atoms. The van der Waals surface area contributed by atoms with Gasteiger partial charge in [-0.2, -0.15) is 0 Å². The van der Waals surface area contributed by atoms with E-state index >= 15 is 0 Å². The highest BCUT2D eigenvalue weighted by molar-refractivity contribution is 6.35. The normalized spacial score (nSPS) is 12.6. The van der Waals surface area contributed by atoms with E-state index in [4.69, 9.17) is 23.2 Å². The molecule has 0 aliphatic carbocycles. The molecule has 18 heavy (non-hydrogen) atoms. The Morgan fingerprint density at radius 2 is 2.22 bits per heavy atom. The van der Waals surface area contributed by atoms with Gasteiger partial charge < -0.3 is 10.3 Å². The number of halogens is 2. The minimum atomic E-state index is 0.192. The second-order valence-electron chi connectivity index (χ2n) is 4.17. The molecule has 96 valence electrons. The number of nitrogens with one attached hydrogen (secondary N) is 2. The van der Waals surface area contributed by atoms with Gasteiger partial charge in [-0.1, -0.05) is 29.3 Å². The second kappa shape index (κ2) is 6.23. The number of imidazole rings is 1. The van der Waals surface area contributed by atoms with E-state index in [1.54, 1.807) is 12.4 Å². The summed E-state index contributed by atoms with van der Waals surface area (Å²) in [5, 5.41) is 4.78. The molecule has 1 heterocycles. The number of nitrogens with zero attached hydrogens (tertiary/aromatic N) is 1. The molecule has 1 aromatic heterocycles. The van der Waals surface area contributed by atoms with E-state index in [0.29, 0.717) is 10.0 Å². The number of H-pyrrole nitrogens is 1. The Morgan fingerprint density at radius 1 is 1.39 bits per heavy atom. The number of benzene rings is 1. The first-order chi connectivity index (χ1) is 8.66. The highest BCUT2D eigenvalue weighted by Gasteiger charge is 2.09. The molecule has 0 bridgehead atoms. The maximum Gasteiger partial charge on any atom is 0.0921 e. The molecular weight excluding hydrogens is 269 g/mol. The summed E-state index contributed by atoms with van der Waals surface area (Å²) in [6.45, 7) is 2.95. The average Bonchev–Trinajstić information content (AvgIpc) is 2.81. The summed E-state index contributed by atoms with van der Waals surface area (Å²) in [6.07, 6.45) is 4.44. The van der Waals surface area contributed by atoms with E-state index in [-0.39, 0.29) is 6.04 Å². The number of rotatable bonds is 5. The Labute approximate surface area is 117 Å². The van der Waals surface area contributed by atoms with Gasteiger partial charge in [-0.3, -0.25) is 0 Å². The summed E-state index contributed by atoms with van der Waals surface area (Å²) in [5.41, 5.74) is 2.18. The molecule has 0 amide bonds. The van der Waals surface area contributed by atoms with Crippen molar-refractivity contribution in [3.8, 4) is 0 Å². The van der Waals surface area contributed by atoms with Crippen LogP contribution < -0.4 is 5.32 Å². The minimum absolute atomic E-state index is 0.192. The van der Waals surface area contributed by atoms with E-state index in [1.165, 1.54) is 0 Å². The predicted octanol–water partition coefficient (Wildman–Crippen LogP) is 3.61. The molecule has 3 nitrogen and oxygen atoms in total. The van der Waals surface area contributed by atoms with Gasteiger partial charge >= 0.3 is 0 Å². The first-order valence-electron chi connectivity index (χ1n) is 5.82. The van der Waals surface area contributed by atoms with Crippen molar-refractivity contribution in [3.05, 3.63) is 52.0 Å². The molecule has 0 radical (unpaired) electrons. The standard InChI is InChI=1S/C13H15Cl2N3/c1-9(12-3-2-10(14)6-13(12)15)17-5-4-11-7-16-8-18-11/h2-3,6-9,17H,4-5H2,1H3,(H,16,18). The largest absolute Gasteiger partial charge is 0.348 e. The van der Waals surface area contributed by atoms with Crippen LogP contribution >= 0.6 is 23.2 Å². The third kappa shape index (κ3) is 3.48. The van der Waals surface area contributed by atoms with Crippen LogP contribution in [0.25, 0.3) is 0 Å². The number of hydrogen-bond donors (Lipinski definition) is 2. The molecule has 2 N–H and O–H groups in total. The molecule has 5 heteroatoms. The smallest absolute Gasteiger partial charge is 0.0921 e. The molecule has 2 aromatic rings. The van der Waals surface area contributed by atoms with Gasteiger partial charge in [-0.15, -0.1) is 0 Å². The van der Waals surface area contributed by atoms with Gasteiger partial charge in [0.05, 0.1) is 6.33 Å². The van der Waals surface area contributed by atoms with Gasteiger partial charge in [0.25, 0.3) is 0 Å². The van der Waals surface area contributed by atoms with Crippen LogP contribution in [0.2, 0.25) is 10.0 Å².